The molecule has 0 saturated carbocycles. The lowest BCUT2D eigenvalue weighted by atomic mass is 10.0. The molecule has 0 amide bonds. The van der Waals surface area contributed by atoms with E-state index in [1.165, 1.54) is 122 Å². The molecular weight excluding hydrogens is 496 g/mol. The molecule has 0 saturated heterocycles. The van der Waals surface area contributed by atoms with E-state index in [2.05, 4.69) is 26.0 Å². The van der Waals surface area contributed by atoms with E-state index in [1.54, 1.807) is 0 Å². The Bertz CT molecular complexity index is 571. The van der Waals surface area contributed by atoms with Crippen molar-refractivity contribution in [2.75, 3.05) is 0 Å². The highest BCUT2D eigenvalue weighted by Crippen LogP contribution is 2.18. The van der Waals surface area contributed by atoms with Gasteiger partial charge >= 0.3 is 11.9 Å². The fraction of sp³-hybridized carbons (Fsp3) is 0.889. The predicted molar refractivity (Wildman–Crippen MR) is 172 cm³/mol. The van der Waals surface area contributed by atoms with Crippen LogP contribution in [0.1, 0.15) is 200 Å². The highest BCUT2D eigenvalue weighted by Gasteiger charge is 2.14. The van der Waals surface area contributed by atoms with Crippen molar-refractivity contribution < 1.29 is 19.4 Å². The van der Waals surface area contributed by atoms with Crippen molar-refractivity contribution in [3.63, 3.8) is 0 Å². The smallest absolute Gasteiger partial charge is 0.306 e. The zero-order chi connectivity index (χ0) is 29.4. The van der Waals surface area contributed by atoms with Gasteiger partial charge in [-0.25, -0.2) is 0 Å². The second-order valence-corrected chi connectivity index (χ2v) is 12.1. The Labute approximate surface area is 249 Å². The van der Waals surface area contributed by atoms with Crippen LogP contribution in [-0.2, 0) is 14.3 Å². The topological polar surface area (TPSA) is 63.6 Å². The summed E-state index contributed by atoms with van der Waals surface area (Å²) in [5.74, 6) is -0.762. The average Bonchev–Trinajstić information content (AvgIpc) is 2.93. The third-order valence-corrected chi connectivity index (χ3v) is 7.99. The number of carboxylic acids is 1. The second kappa shape index (κ2) is 32.2. The lowest BCUT2D eigenvalue weighted by molar-refractivity contribution is -0.150. The lowest BCUT2D eigenvalue weighted by Gasteiger charge is -2.18. The van der Waals surface area contributed by atoms with E-state index in [1.807, 2.05) is 0 Å². The van der Waals surface area contributed by atoms with Gasteiger partial charge in [0.25, 0.3) is 0 Å². The Hall–Kier alpha value is -1.32. The first-order valence-electron chi connectivity index (χ1n) is 17.7. The second-order valence-electron chi connectivity index (χ2n) is 12.1. The molecule has 4 heteroatoms. The Morgan fingerprint density at radius 2 is 0.925 bits per heavy atom. The van der Waals surface area contributed by atoms with Gasteiger partial charge in [-0.05, 0) is 57.8 Å². The van der Waals surface area contributed by atoms with Crippen molar-refractivity contribution in [3.8, 4) is 0 Å². The zero-order valence-corrected chi connectivity index (χ0v) is 26.9. The first-order chi connectivity index (χ1) is 19.6. The van der Waals surface area contributed by atoms with Gasteiger partial charge in [-0.2, -0.15) is 0 Å². The Morgan fingerprint density at radius 3 is 1.45 bits per heavy atom. The molecule has 40 heavy (non-hydrogen) atoms. The molecule has 0 rings (SSSR count). The fourth-order valence-corrected chi connectivity index (χ4v) is 5.34. The molecule has 0 spiro atoms. The van der Waals surface area contributed by atoms with Crippen LogP contribution in [0.2, 0.25) is 0 Å². The molecule has 0 bridgehead atoms. The zero-order valence-electron chi connectivity index (χ0n) is 26.9. The summed E-state index contributed by atoms with van der Waals surface area (Å²) in [6, 6.07) is 0. The molecule has 1 atom stereocenters. The number of esters is 1. The van der Waals surface area contributed by atoms with Crippen molar-refractivity contribution in [1.29, 1.82) is 0 Å². The van der Waals surface area contributed by atoms with Gasteiger partial charge in [-0.1, -0.05) is 142 Å². The van der Waals surface area contributed by atoms with Gasteiger partial charge in [-0.3, -0.25) is 9.59 Å². The number of ether oxygens (including phenoxy) is 1. The third-order valence-electron chi connectivity index (χ3n) is 7.99. The minimum Gasteiger partial charge on any atom is -0.481 e. The largest absolute Gasteiger partial charge is 0.481 e. The van der Waals surface area contributed by atoms with Crippen LogP contribution in [0.15, 0.2) is 12.2 Å². The quantitative estimate of drug-likeness (QED) is 0.0501. The molecule has 0 aliphatic carbocycles. The van der Waals surface area contributed by atoms with Crippen LogP contribution in [0.5, 0.6) is 0 Å². The van der Waals surface area contributed by atoms with Crippen molar-refractivity contribution in [3.05, 3.63) is 12.2 Å². The standard InChI is InChI=1S/C36H68O4/c1-3-5-7-9-11-13-15-16-18-19-21-23-26-30-34(31-27-25-28-32-35(37)38)40-36(39)33-29-24-22-20-17-14-12-10-8-6-4-2/h10,12,34H,3-9,11,13-33H2,1-2H3,(H,37,38)/b12-10-. The monoisotopic (exact) mass is 565 g/mol. The Morgan fingerprint density at radius 1 is 0.525 bits per heavy atom. The van der Waals surface area contributed by atoms with Gasteiger partial charge < -0.3 is 9.84 Å². The molecule has 4 nitrogen and oxygen atoms in total. The van der Waals surface area contributed by atoms with Gasteiger partial charge in [0.15, 0.2) is 0 Å². The Balaban J connectivity index is 3.98. The number of carboxylic acid groups (broad SMARTS) is 1. The number of aliphatic carboxylic acids is 1. The SMILES string of the molecule is CCCC/C=C\CCCCCCCC(=O)OC(CCCCCCCCCCCCCCC)CCCCCC(=O)O. The Kier molecular flexibility index (Phi) is 31.1. The van der Waals surface area contributed by atoms with Gasteiger partial charge in [0.1, 0.15) is 6.10 Å². The van der Waals surface area contributed by atoms with Crippen LogP contribution in [0.4, 0.5) is 0 Å². The van der Waals surface area contributed by atoms with E-state index in [0.29, 0.717) is 12.8 Å². The number of unbranched alkanes of at least 4 members (excludes halogenated alkanes) is 21. The maximum atomic E-state index is 12.5. The third kappa shape index (κ3) is 31.2. The van der Waals surface area contributed by atoms with Gasteiger partial charge in [-0.15, -0.1) is 0 Å². The van der Waals surface area contributed by atoms with Crippen molar-refractivity contribution in [2.24, 2.45) is 0 Å². The minimum absolute atomic E-state index is 0.00420. The summed E-state index contributed by atoms with van der Waals surface area (Å²) < 4.78 is 5.91. The molecule has 1 unspecified atom stereocenters. The van der Waals surface area contributed by atoms with Crippen LogP contribution in [0, 0.1) is 0 Å². The number of carbonyl (C=O) groups is 2. The first kappa shape index (κ1) is 38.7. The van der Waals surface area contributed by atoms with Crippen LogP contribution >= 0.6 is 0 Å². The summed E-state index contributed by atoms with van der Waals surface area (Å²) in [6.45, 7) is 4.51. The minimum atomic E-state index is -0.724. The summed E-state index contributed by atoms with van der Waals surface area (Å²) in [5, 5.41) is 8.86. The van der Waals surface area contributed by atoms with E-state index in [4.69, 9.17) is 9.84 Å². The average molecular weight is 565 g/mol. The molecule has 0 aromatic carbocycles. The molecule has 0 heterocycles. The first-order valence-corrected chi connectivity index (χ1v) is 17.7. The summed E-state index contributed by atoms with van der Waals surface area (Å²) >= 11 is 0. The van der Waals surface area contributed by atoms with E-state index >= 15 is 0 Å². The van der Waals surface area contributed by atoms with Crippen molar-refractivity contribution in [1.82, 2.24) is 0 Å². The predicted octanol–water partition coefficient (Wildman–Crippen LogP) is 11.9. The number of allylic oxidation sites excluding steroid dienone is 2. The fourth-order valence-electron chi connectivity index (χ4n) is 5.34. The van der Waals surface area contributed by atoms with Gasteiger partial charge in [0.05, 0.1) is 0 Å². The van der Waals surface area contributed by atoms with Crippen LogP contribution < -0.4 is 0 Å². The molecule has 0 aliphatic heterocycles. The van der Waals surface area contributed by atoms with E-state index < -0.39 is 5.97 Å². The maximum absolute atomic E-state index is 12.5. The van der Waals surface area contributed by atoms with Gasteiger partial charge in [0, 0.05) is 12.8 Å². The lowest BCUT2D eigenvalue weighted by Crippen LogP contribution is -2.18. The molecule has 0 aromatic heterocycles. The van der Waals surface area contributed by atoms with E-state index in [-0.39, 0.29) is 18.5 Å². The van der Waals surface area contributed by atoms with Crippen molar-refractivity contribution in [2.45, 2.75) is 206 Å². The number of hydrogen-bond acceptors (Lipinski definition) is 3. The van der Waals surface area contributed by atoms with Gasteiger partial charge in [0.2, 0.25) is 0 Å². The number of rotatable bonds is 32. The highest BCUT2D eigenvalue weighted by molar-refractivity contribution is 5.69. The van der Waals surface area contributed by atoms with E-state index in [0.717, 1.165) is 44.9 Å². The summed E-state index contributed by atoms with van der Waals surface area (Å²) in [7, 11) is 0. The summed E-state index contributed by atoms with van der Waals surface area (Å²) in [4.78, 5) is 23.3. The molecular formula is C36H68O4. The molecule has 0 aromatic rings. The maximum Gasteiger partial charge on any atom is 0.306 e. The number of carbonyl (C=O) groups excluding carboxylic acids is 1. The normalized spacial score (nSPS) is 12.2. The molecule has 1 N–H and O–H groups in total. The molecule has 0 aliphatic rings. The molecule has 0 fully saturated rings. The van der Waals surface area contributed by atoms with Crippen LogP contribution in [0.3, 0.4) is 0 Å². The molecule has 0 radical (unpaired) electrons. The summed E-state index contributed by atoms with van der Waals surface area (Å²) in [6.07, 6.45) is 37.9. The van der Waals surface area contributed by atoms with Crippen LogP contribution in [0.25, 0.3) is 0 Å². The van der Waals surface area contributed by atoms with Crippen LogP contribution in [-0.4, -0.2) is 23.1 Å². The molecule has 236 valence electrons. The van der Waals surface area contributed by atoms with Crippen molar-refractivity contribution >= 4 is 11.9 Å². The number of hydrogen-bond donors (Lipinski definition) is 1. The highest BCUT2D eigenvalue weighted by atomic mass is 16.5. The van der Waals surface area contributed by atoms with E-state index in [9.17, 15) is 9.59 Å². The summed E-state index contributed by atoms with van der Waals surface area (Å²) in [5.41, 5.74) is 0.